The maximum atomic E-state index is 10.1. The summed E-state index contributed by atoms with van der Waals surface area (Å²) in [6.45, 7) is 2.52. The molecule has 0 aliphatic carbocycles. The van der Waals surface area contributed by atoms with E-state index in [1.54, 1.807) is 0 Å². The molecule has 1 unspecified atom stereocenters. The summed E-state index contributed by atoms with van der Waals surface area (Å²) in [6, 6.07) is 0.404. The van der Waals surface area contributed by atoms with Gasteiger partial charge in [-0.1, -0.05) is 0 Å². The average molecular weight is 174 g/mol. The van der Waals surface area contributed by atoms with Gasteiger partial charge in [-0.05, 0) is 6.42 Å². The standard InChI is InChI=1S/C7H14N2O3/c8-7(10)12-4-2-9-6-1-3-11-5-6/h6,9H,1-5H2,(H2,8,10). The van der Waals surface area contributed by atoms with E-state index in [9.17, 15) is 4.79 Å². The van der Waals surface area contributed by atoms with Crippen LogP contribution in [0.1, 0.15) is 6.42 Å². The number of ether oxygens (including phenoxy) is 2. The first kappa shape index (κ1) is 9.28. The van der Waals surface area contributed by atoms with E-state index in [0.717, 1.165) is 19.6 Å². The first-order valence-electron chi connectivity index (χ1n) is 4.02. The van der Waals surface area contributed by atoms with E-state index in [0.29, 0.717) is 19.2 Å². The summed E-state index contributed by atoms with van der Waals surface area (Å²) in [5.74, 6) is 0. The SMILES string of the molecule is NC(=O)OCCNC1CCOC1. The highest BCUT2D eigenvalue weighted by molar-refractivity contribution is 5.64. The fraction of sp³-hybridized carbons (Fsp3) is 0.857. The van der Waals surface area contributed by atoms with Crippen molar-refractivity contribution >= 4 is 6.09 Å². The minimum Gasteiger partial charge on any atom is -0.448 e. The molecule has 12 heavy (non-hydrogen) atoms. The molecule has 0 spiro atoms. The minimum atomic E-state index is -0.723. The Labute approximate surface area is 71.2 Å². The lowest BCUT2D eigenvalue weighted by atomic mass is 10.3. The van der Waals surface area contributed by atoms with Crippen molar-refractivity contribution in [2.45, 2.75) is 12.5 Å². The van der Waals surface area contributed by atoms with Crippen molar-refractivity contribution in [3.63, 3.8) is 0 Å². The van der Waals surface area contributed by atoms with Crippen molar-refractivity contribution < 1.29 is 14.3 Å². The largest absolute Gasteiger partial charge is 0.448 e. The van der Waals surface area contributed by atoms with Crippen molar-refractivity contribution in [2.75, 3.05) is 26.4 Å². The third-order valence-corrected chi connectivity index (χ3v) is 1.71. The Morgan fingerprint density at radius 3 is 3.17 bits per heavy atom. The number of carbonyl (C=O) groups is 1. The number of carbonyl (C=O) groups excluding carboxylic acids is 1. The zero-order valence-electron chi connectivity index (χ0n) is 6.91. The highest BCUT2D eigenvalue weighted by Crippen LogP contribution is 2.01. The van der Waals surface area contributed by atoms with Crippen LogP contribution in [0.25, 0.3) is 0 Å². The van der Waals surface area contributed by atoms with Crippen LogP contribution >= 0.6 is 0 Å². The highest BCUT2D eigenvalue weighted by atomic mass is 16.5. The fourth-order valence-corrected chi connectivity index (χ4v) is 1.11. The monoisotopic (exact) mass is 174 g/mol. The molecule has 1 atom stereocenters. The number of rotatable bonds is 4. The van der Waals surface area contributed by atoms with Crippen LogP contribution in [0.4, 0.5) is 4.79 Å². The lowest BCUT2D eigenvalue weighted by Crippen LogP contribution is -2.33. The van der Waals surface area contributed by atoms with E-state index in [4.69, 9.17) is 10.5 Å². The number of hydrogen-bond acceptors (Lipinski definition) is 4. The van der Waals surface area contributed by atoms with Gasteiger partial charge in [0.2, 0.25) is 0 Å². The van der Waals surface area contributed by atoms with Gasteiger partial charge in [-0.15, -0.1) is 0 Å². The molecule has 0 aromatic heterocycles. The fourth-order valence-electron chi connectivity index (χ4n) is 1.11. The summed E-state index contributed by atoms with van der Waals surface area (Å²) in [6.07, 6.45) is 0.302. The van der Waals surface area contributed by atoms with Crippen LogP contribution in [0, 0.1) is 0 Å². The summed E-state index contributed by atoms with van der Waals surface area (Å²) in [7, 11) is 0. The molecule has 1 aliphatic heterocycles. The zero-order valence-corrected chi connectivity index (χ0v) is 6.91. The van der Waals surface area contributed by atoms with Crippen LogP contribution in [0.2, 0.25) is 0 Å². The molecule has 0 aromatic rings. The van der Waals surface area contributed by atoms with Gasteiger partial charge in [0.05, 0.1) is 6.61 Å². The lowest BCUT2D eigenvalue weighted by molar-refractivity contribution is 0.154. The van der Waals surface area contributed by atoms with Crippen molar-refractivity contribution in [2.24, 2.45) is 5.73 Å². The Bertz CT molecular complexity index is 146. The van der Waals surface area contributed by atoms with Crippen LogP contribution in [0.3, 0.4) is 0 Å². The topological polar surface area (TPSA) is 73.6 Å². The van der Waals surface area contributed by atoms with E-state index in [2.05, 4.69) is 10.1 Å². The summed E-state index contributed by atoms with van der Waals surface area (Å²) >= 11 is 0. The smallest absolute Gasteiger partial charge is 0.404 e. The maximum absolute atomic E-state index is 10.1. The number of nitrogens with two attached hydrogens (primary N) is 1. The normalized spacial score (nSPS) is 22.5. The molecule has 3 N–H and O–H groups in total. The van der Waals surface area contributed by atoms with E-state index in [-0.39, 0.29) is 0 Å². The second kappa shape index (κ2) is 4.95. The second-order valence-electron chi connectivity index (χ2n) is 2.68. The predicted molar refractivity (Wildman–Crippen MR) is 42.8 cm³/mol. The van der Waals surface area contributed by atoms with Crippen molar-refractivity contribution in [1.29, 1.82) is 0 Å². The molecule has 0 saturated carbocycles. The predicted octanol–water partition coefficient (Wildman–Crippen LogP) is -0.540. The van der Waals surface area contributed by atoms with E-state index in [1.165, 1.54) is 0 Å². The van der Waals surface area contributed by atoms with Crippen molar-refractivity contribution in [1.82, 2.24) is 5.32 Å². The molecule has 70 valence electrons. The average Bonchev–Trinajstić information content (AvgIpc) is 2.49. The molecule has 1 rings (SSSR count). The van der Waals surface area contributed by atoms with Gasteiger partial charge in [0.1, 0.15) is 6.61 Å². The molecule has 5 heteroatoms. The van der Waals surface area contributed by atoms with Crippen LogP contribution in [-0.2, 0) is 9.47 Å². The Morgan fingerprint density at radius 2 is 2.58 bits per heavy atom. The van der Waals surface area contributed by atoms with Crippen LogP contribution in [0.5, 0.6) is 0 Å². The van der Waals surface area contributed by atoms with E-state index in [1.807, 2.05) is 0 Å². The Kier molecular flexibility index (Phi) is 3.83. The van der Waals surface area contributed by atoms with Crippen LogP contribution in [-0.4, -0.2) is 38.5 Å². The Morgan fingerprint density at radius 1 is 1.75 bits per heavy atom. The van der Waals surface area contributed by atoms with Gasteiger partial charge in [0.15, 0.2) is 0 Å². The minimum absolute atomic E-state index is 0.325. The van der Waals surface area contributed by atoms with Gasteiger partial charge in [-0.2, -0.15) is 0 Å². The Balaban J connectivity index is 1.91. The summed E-state index contributed by atoms with van der Waals surface area (Å²) < 4.78 is 9.68. The first-order valence-corrected chi connectivity index (χ1v) is 4.02. The Hall–Kier alpha value is -0.810. The molecule has 0 bridgehead atoms. The summed E-state index contributed by atoms with van der Waals surface area (Å²) in [5.41, 5.74) is 4.77. The van der Waals surface area contributed by atoms with Gasteiger partial charge in [-0.25, -0.2) is 4.79 Å². The number of primary amides is 1. The quantitative estimate of drug-likeness (QED) is 0.561. The van der Waals surface area contributed by atoms with E-state index >= 15 is 0 Å². The molecule has 5 nitrogen and oxygen atoms in total. The van der Waals surface area contributed by atoms with Gasteiger partial charge >= 0.3 is 6.09 Å². The van der Waals surface area contributed by atoms with Crippen LogP contribution in [0.15, 0.2) is 0 Å². The zero-order chi connectivity index (χ0) is 8.81. The molecule has 1 saturated heterocycles. The van der Waals surface area contributed by atoms with Gasteiger partial charge in [0, 0.05) is 19.2 Å². The molecule has 1 amide bonds. The molecule has 1 aliphatic rings. The number of hydrogen-bond donors (Lipinski definition) is 2. The van der Waals surface area contributed by atoms with Gasteiger partial charge in [-0.3, -0.25) is 0 Å². The summed E-state index contributed by atoms with van der Waals surface area (Å²) in [5, 5.41) is 3.18. The second-order valence-corrected chi connectivity index (χ2v) is 2.68. The third-order valence-electron chi connectivity index (χ3n) is 1.71. The van der Waals surface area contributed by atoms with Gasteiger partial charge < -0.3 is 20.5 Å². The first-order chi connectivity index (χ1) is 5.79. The number of nitrogens with one attached hydrogen (secondary N) is 1. The third kappa shape index (κ3) is 3.54. The van der Waals surface area contributed by atoms with E-state index < -0.39 is 6.09 Å². The molecular weight excluding hydrogens is 160 g/mol. The van der Waals surface area contributed by atoms with Crippen molar-refractivity contribution in [3.05, 3.63) is 0 Å². The highest BCUT2D eigenvalue weighted by Gasteiger charge is 2.13. The number of amides is 1. The maximum Gasteiger partial charge on any atom is 0.404 e. The van der Waals surface area contributed by atoms with Crippen molar-refractivity contribution in [3.8, 4) is 0 Å². The molecular formula is C7H14N2O3. The molecule has 1 fully saturated rings. The molecule has 0 radical (unpaired) electrons. The molecule has 1 heterocycles. The molecule has 0 aromatic carbocycles. The van der Waals surface area contributed by atoms with Crippen LogP contribution < -0.4 is 11.1 Å². The summed E-state index contributed by atoms with van der Waals surface area (Å²) in [4.78, 5) is 10.1. The lowest BCUT2D eigenvalue weighted by Gasteiger charge is -2.09. The van der Waals surface area contributed by atoms with Gasteiger partial charge in [0.25, 0.3) is 0 Å².